The predicted molar refractivity (Wildman–Crippen MR) is 115 cm³/mol. The molecule has 2 heteroatoms. The molecule has 0 aromatic heterocycles. The SMILES string of the molecule is CCCCCC(O)(CCCCC)CCN(CC)C/C=C/c1ccccc1. The molecule has 0 aliphatic rings. The van der Waals surface area contributed by atoms with E-state index in [0.29, 0.717) is 0 Å². The number of benzene rings is 1. The molecular formula is C24H41NO. The Morgan fingerprint density at radius 1 is 0.885 bits per heavy atom. The molecule has 0 spiro atoms. The quantitative estimate of drug-likeness (QED) is 0.371. The van der Waals surface area contributed by atoms with Crippen LogP contribution in [-0.2, 0) is 0 Å². The van der Waals surface area contributed by atoms with E-state index in [2.05, 4.69) is 62.1 Å². The lowest BCUT2D eigenvalue weighted by molar-refractivity contribution is 0.00213. The largest absolute Gasteiger partial charge is 0.390 e. The summed E-state index contributed by atoms with van der Waals surface area (Å²) in [5.41, 5.74) is 0.778. The van der Waals surface area contributed by atoms with Crippen molar-refractivity contribution in [1.29, 1.82) is 0 Å². The number of aliphatic hydroxyl groups is 1. The Morgan fingerprint density at radius 3 is 2.04 bits per heavy atom. The highest BCUT2D eigenvalue weighted by atomic mass is 16.3. The Bertz CT molecular complexity index is 458. The Morgan fingerprint density at radius 2 is 1.50 bits per heavy atom. The smallest absolute Gasteiger partial charge is 0.0660 e. The van der Waals surface area contributed by atoms with Crippen molar-refractivity contribution in [1.82, 2.24) is 4.90 Å². The zero-order valence-corrected chi connectivity index (χ0v) is 17.4. The zero-order chi connectivity index (χ0) is 19.1. The topological polar surface area (TPSA) is 23.5 Å². The van der Waals surface area contributed by atoms with Crippen molar-refractivity contribution in [3.8, 4) is 0 Å². The molecule has 0 saturated carbocycles. The number of likely N-dealkylation sites (N-methyl/N-ethyl adjacent to an activating group) is 1. The van der Waals surface area contributed by atoms with Crippen LogP contribution < -0.4 is 0 Å². The Balaban J connectivity index is 2.49. The summed E-state index contributed by atoms with van der Waals surface area (Å²) in [7, 11) is 0. The molecule has 2 nitrogen and oxygen atoms in total. The van der Waals surface area contributed by atoms with E-state index in [4.69, 9.17) is 0 Å². The lowest BCUT2D eigenvalue weighted by Crippen LogP contribution is -2.35. The third-order valence-corrected chi connectivity index (χ3v) is 5.31. The van der Waals surface area contributed by atoms with Crippen molar-refractivity contribution >= 4 is 6.08 Å². The molecule has 26 heavy (non-hydrogen) atoms. The monoisotopic (exact) mass is 359 g/mol. The minimum atomic E-state index is -0.471. The van der Waals surface area contributed by atoms with Crippen LogP contribution in [0.15, 0.2) is 36.4 Å². The minimum Gasteiger partial charge on any atom is -0.390 e. The van der Waals surface area contributed by atoms with E-state index in [9.17, 15) is 5.11 Å². The molecule has 0 unspecified atom stereocenters. The summed E-state index contributed by atoms with van der Waals surface area (Å²) in [5.74, 6) is 0. The molecule has 0 fully saturated rings. The average molecular weight is 360 g/mol. The first-order chi connectivity index (χ1) is 12.6. The fourth-order valence-electron chi connectivity index (χ4n) is 3.43. The van der Waals surface area contributed by atoms with E-state index in [1.807, 2.05) is 6.07 Å². The summed E-state index contributed by atoms with van der Waals surface area (Å²) in [5, 5.41) is 11.2. The van der Waals surface area contributed by atoms with Gasteiger partial charge in [-0.3, -0.25) is 4.90 Å². The maximum absolute atomic E-state index is 11.2. The number of hydrogen-bond acceptors (Lipinski definition) is 2. The molecule has 0 atom stereocenters. The Hall–Kier alpha value is -1.12. The maximum atomic E-state index is 11.2. The van der Waals surface area contributed by atoms with Crippen molar-refractivity contribution < 1.29 is 5.11 Å². The second-order valence-electron chi connectivity index (χ2n) is 7.59. The molecule has 1 aromatic carbocycles. The molecule has 1 aromatic rings. The fourth-order valence-corrected chi connectivity index (χ4v) is 3.43. The van der Waals surface area contributed by atoms with Crippen LogP contribution >= 0.6 is 0 Å². The molecule has 1 rings (SSSR count). The summed E-state index contributed by atoms with van der Waals surface area (Å²) in [6.45, 7) is 9.63. The minimum absolute atomic E-state index is 0.471. The van der Waals surface area contributed by atoms with Crippen LogP contribution in [-0.4, -0.2) is 35.2 Å². The molecule has 148 valence electrons. The van der Waals surface area contributed by atoms with Crippen LogP contribution in [0.5, 0.6) is 0 Å². The van der Waals surface area contributed by atoms with Crippen LogP contribution in [0, 0.1) is 0 Å². The second-order valence-corrected chi connectivity index (χ2v) is 7.59. The predicted octanol–water partition coefficient (Wildman–Crippen LogP) is 6.30. The first kappa shape index (κ1) is 22.9. The highest BCUT2D eigenvalue weighted by Gasteiger charge is 2.26. The van der Waals surface area contributed by atoms with Gasteiger partial charge in [-0.2, -0.15) is 0 Å². The number of unbranched alkanes of at least 4 members (excludes halogenated alkanes) is 4. The molecular weight excluding hydrogens is 318 g/mol. The standard InChI is InChI=1S/C24H41NO/c1-4-7-12-18-24(26,19-13-8-5-2)20-22-25(6-3)21-14-17-23-15-10-9-11-16-23/h9-11,14-17,26H,4-8,12-13,18-22H2,1-3H3/b17-14+. The molecule has 0 bridgehead atoms. The van der Waals surface area contributed by atoms with Gasteiger partial charge >= 0.3 is 0 Å². The molecule has 0 saturated heterocycles. The normalized spacial score (nSPS) is 12.3. The van der Waals surface area contributed by atoms with Crippen molar-refractivity contribution in [2.24, 2.45) is 0 Å². The van der Waals surface area contributed by atoms with Gasteiger partial charge in [-0.15, -0.1) is 0 Å². The number of hydrogen-bond donors (Lipinski definition) is 1. The first-order valence-corrected chi connectivity index (χ1v) is 10.8. The second kappa shape index (κ2) is 14.0. The molecule has 0 aliphatic carbocycles. The van der Waals surface area contributed by atoms with Gasteiger partial charge in [0.15, 0.2) is 0 Å². The van der Waals surface area contributed by atoms with Gasteiger partial charge in [0.2, 0.25) is 0 Å². The summed E-state index contributed by atoms with van der Waals surface area (Å²) in [6, 6.07) is 10.5. The lowest BCUT2D eigenvalue weighted by atomic mass is 9.87. The maximum Gasteiger partial charge on any atom is 0.0660 e. The Kier molecular flexibility index (Phi) is 12.3. The zero-order valence-electron chi connectivity index (χ0n) is 17.4. The van der Waals surface area contributed by atoms with Crippen LogP contribution in [0.2, 0.25) is 0 Å². The van der Waals surface area contributed by atoms with E-state index in [1.165, 1.54) is 31.2 Å². The van der Waals surface area contributed by atoms with Gasteiger partial charge in [0.1, 0.15) is 0 Å². The summed E-state index contributed by atoms with van der Waals surface area (Å²) in [4.78, 5) is 2.43. The van der Waals surface area contributed by atoms with Crippen molar-refractivity contribution in [2.75, 3.05) is 19.6 Å². The van der Waals surface area contributed by atoms with Gasteiger partial charge in [0.25, 0.3) is 0 Å². The van der Waals surface area contributed by atoms with E-state index >= 15 is 0 Å². The molecule has 0 heterocycles. The van der Waals surface area contributed by atoms with Gasteiger partial charge in [0.05, 0.1) is 5.60 Å². The van der Waals surface area contributed by atoms with E-state index in [1.54, 1.807) is 0 Å². The van der Waals surface area contributed by atoms with Gasteiger partial charge in [0, 0.05) is 13.1 Å². The highest BCUT2D eigenvalue weighted by Crippen LogP contribution is 2.26. The summed E-state index contributed by atoms with van der Waals surface area (Å²) < 4.78 is 0. The van der Waals surface area contributed by atoms with E-state index < -0.39 is 5.60 Å². The fraction of sp³-hybridized carbons (Fsp3) is 0.667. The molecule has 1 N–H and O–H groups in total. The van der Waals surface area contributed by atoms with Gasteiger partial charge in [-0.1, -0.05) is 102 Å². The lowest BCUT2D eigenvalue weighted by Gasteiger charge is -2.31. The molecule has 0 amide bonds. The van der Waals surface area contributed by atoms with Crippen molar-refractivity contribution in [2.45, 2.75) is 84.2 Å². The van der Waals surface area contributed by atoms with Crippen LogP contribution in [0.3, 0.4) is 0 Å². The van der Waals surface area contributed by atoms with E-state index in [0.717, 1.165) is 51.7 Å². The van der Waals surface area contributed by atoms with Crippen LogP contribution in [0.1, 0.15) is 84.1 Å². The third kappa shape index (κ3) is 10.1. The average Bonchev–Trinajstić information content (AvgIpc) is 2.66. The van der Waals surface area contributed by atoms with Gasteiger partial charge < -0.3 is 5.11 Å². The first-order valence-electron chi connectivity index (χ1n) is 10.8. The molecule has 0 aliphatic heterocycles. The van der Waals surface area contributed by atoms with Gasteiger partial charge in [-0.25, -0.2) is 0 Å². The van der Waals surface area contributed by atoms with Crippen LogP contribution in [0.25, 0.3) is 6.08 Å². The Labute approximate surface area is 162 Å². The van der Waals surface area contributed by atoms with Crippen LogP contribution in [0.4, 0.5) is 0 Å². The summed E-state index contributed by atoms with van der Waals surface area (Å²) in [6.07, 6.45) is 14.5. The van der Waals surface area contributed by atoms with Gasteiger partial charge in [-0.05, 0) is 31.4 Å². The summed E-state index contributed by atoms with van der Waals surface area (Å²) >= 11 is 0. The highest BCUT2D eigenvalue weighted by molar-refractivity contribution is 5.48. The number of nitrogens with zero attached hydrogens (tertiary/aromatic N) is 1. The van der Waals surface area contributed by atoms with Crippen molar-refractivity contribution in [3.05, 3.63) is 42.0 Å². The number of rotatable bonds is 15. The third-order valence-electron chi connectivity index (χ3n) is 5.31. The van der Waals surface area contributed by atoms with Crippen molar-refractivity contribution in [3.63, 3.8) is 0 Å². The van der Waals surface area contributed by atoms with E-state index in [-0.39, 0.29) is 0 Å². The molecule has 0 radical (unpaired) electrons.